The van der Waals surface area contributed by atoms with Crippen molar-refractivity contribution in [2.24, 2.45) is 0 Å². The Morgan fingerprint density at radius 3 is 2.68 bits per heavy atom. The van der Waals surface area contributed by atoms with Gasteiger partial charge in [-0.1, -0.05) is 0 Å². The zero-order chi connectivity index (χ0) is 25.3. The zero-order valence-corrected chi connectivity index (χ0v) is 18.2. The molecule has 0 spiro atoms. The summed E-state index contributed by atoms with van der Waals surface area (Å²) in [6.07, 6.45) is -4.25. The molecule has 1 aromatic heterocycles. The first-order valence-electron chi connectivity index (χ1n) is 9.50. The molecule has 4 rings (SSSR count). The first-order valence-corrected chi connectivity index (χ1v) is 11.0. The molecule has 3 N–H and O–H groups in total. The molecule has 174 valence electrons. The van der Waals surface area contributed by atoms with Crippen LogP contribution in [0.2, 0.25) is 0 Å². The molecule has 1 aromatic carbocycles. The summed E-state index contributed by atoms with van der Waals surface area (Å²) in [5.74, 6) is -4.60. The largest absolute Gasteiger partial charge is 0.529 e. The molecule has 1 saturated heterocycles. The number of fused-ring (bicyclic) bond motifs is 1. The average molecular weight is 492 g/mol. The van der Waals surface area contributed by atoms with Crippen LogP contribution in [0.15, 0.2) is 34.0 Å². The molecule has 6 radical (unpaired) electrons. The fraction of sp³-hybridized carbons (Fsp3) is 0.412. The van der Waals surface area contributed by atoms with Gasteiger partial charge in [0, 0.05) is 17.3 Å². The minimum absolute atomic E-state index is 0.0855. The van der Waals surface area contributed by atoms with Crippen molar-refractivity contribution in [1.29, 1.82) is 0 Å². The molecular formula is C17H14B3F2N2O9P. The summed E-state index contributed by atoms with van der Waals surface area (Å²) in [7, 11) is 12.4. The number of phosphoric acid groups is 1. The van der Waals surface area contributed by atoms with E-state index in [-0.39, 0.29) is 16.9 Å². The van der Waals surface area contributed by atoms with Gasteiger partial charge in [0.15, 0.2) is 0 Å². The molecule has 34 heavy (non-hydrogen) atoms. The SMILES string of the molecule is [B]C([B])(OP1(=O)OCc2cc(F)ccc2O1)[C@@]1(F)O[C@@]([B])(n2cc(C)c(=O)[nH]c2=O)[C@H](O)[C@@H]1O. The van der Waals surface area contributed by atoms with E-state index in [4.69, 9.17) is 41.8 Å². The second kappa shape index (κ2) is 7.90. The highest BCUT2D eigenvalue weighted by atomic mass is 31.2. The Kier molecular flexibility index (Phi) is 5.79. The number of aromatic nitrogens is 2. The number of nitrogens with one attached hydrogen (secondary N) is 1. The Hall–Kier alpha value is -2.22. The molecule has 0 bridgehead atoms. The summed E-state index contributed by atoms with van der Waals surface area (Å²) < 4.78 is 62.4. The van der Waals surface area contributed by atoms with Gasteiger partial charge in [0.2, 0.25) is 0 Å². The maximum atomic E-state index is 15.9. The standard InChI is InChI=1S/C17H14B3F2N2O9P/c1-7-5-24(14(28)23-13(7)27)16(18)12(26)11(25)15(22,32-16)17(19,20)33-34(29)30-6-8-4-9(21)2-3-10(8)31-34/h2-5,11-12,25-26H,6H2,1H3,(H,23,27,28)/t11-,12+,15-,16-,34?/m0/s1. The van der Waals surface area contributed by atoms with Gasteiger partial charge in [0.05, 0.1) is 12.0 Å². The Morgan fingerprint density at radius 1 is 1.32 bits per heavy atom. The number of H-pyrrole nitrogens is 1. The number of aliphatic hydroxyl groups is 2. The number of hydrogen-bond donors (Lipinski definition) is 3. The lowest BCUT2D eigenvalue weighted by molar-refractivity contribution is -0.240. The average Bonchev–Trinajstić information content (AvgIpc) is 2.92. The summed E-state index contributed by atoms with van der Waals surface area (Å²) in [6.45, 7) is 0.767. The highest BCUT2D eigenvalue weighted by molar-refractivity contribution is 7.49. The van der Waals surface area contributed by atoms with E-state index in [1.807, 2.05) is 4.98 Å². The molecule has 1 fully saturated rings. The molecule has 1 unspecified atom stereocenters. The van der Waals surface area contributed by atoms with Crippen molar-refractivity contribution in [3.05, 3.63) is 62.2 Å². The summed E-state index contributed by atoms with van der Waals surface area (Å²) in [4.78, 5) is 25.7. The number of halogens is 2. The number of aryl methyl sites for hydroxylation is 1. The van der Waals surface area contributed by atoms with Crippen LogP contribution in [-0.4, -0.2) is 66.8 Å². The van der Waals surface area contributed by atoms with Crippen molar-refractivity contribution >= 4 is 31.4 Å². The van der Waals surface area contributed by atoms with E-state index >= 15 is 4.39 Å². The Labute approximate surface area is 193 Å². The molecule has 2 aromatic rings. The van der Waals surface area contributed by atoms with E-state index < -0.39 is 60.6 Å². The molecule has 11 nitrogen and oxygen atoms in total. The van der Waals surface area contributed by atoms with E-state index in [9.17, 15) is 28.8 Å². The third kappa shape index (κ3) is 3.78. The first kappa shape index (κ1) is 24.9. The maximum absolute atomic E-state index is 15.9. The molecule has 3 heterocycles. The minimum Gasteiger partial charge on any atom is -0.404 e. The Balaban J connectivity index is 1.67. The van der Waals surface area contributed by atoms with Crippen molar-refractivity contribution in [2.75, 3.05) is 0 Å². The number of hydrogen-bond acceptors (Lipinski definition) is 9. The smallest absolute Gasteiger partial charge is 0.404 e. The van der Waals surface area contributed by atoms with Crippen LogP contribution in [0.25, 0.3) is 0 Å². The van der Waals surface area contributed by atoms with Gasteiger partial charge < -0.3 is 19.5 Å². The van der Waals surface area contributed by atoms with Crippen LogP contribution in [0, 0.1) is 12.7 Å². The predicted molar refractivity (Wildman–Crippen MR) is 111 cm³/mol. The predicted octanol–water partition coefficient (Wildman–Crippen LogP) is -1.09. The highest BCUT2D eigenvalue weighted by Gasteiger charge is 2.69. The normalized spacial score (nSPS) is 33.3. The van der Waals surface area contributed by atoms with Gasteiger partial charge in [-0.15, -0.1) is 0 Å². The van der Waals surface area contributed by atoms with Crippen molar-refractivity contribution in [3.63, 3.8) is 0 Å². The minimum atomic E-state index is -4.80. The van der Waals surface area contributed by atoms with Crippen LogP contribution in [0.3, 0.4) is 0 Å². The van der Waals surface area contributed by atoms with Crippen molar-refractivity contribution in [1.82, 2.24) is 9.55 Å². The Bertz CT molecular complexity index is 1320. The third-order valence-corrected chi connectivity index (χ3v) is 6.71. The number of aliphatic hydroxyl groups excluding tert-OH is 2. The van der Waals surface area contributed by atoms with E-state index in [1.165, 1.54) is 6.92 Å². The quantitative estimate of drug-likeness (QED) is 0.358. The Morgan fingerprint density at radius 2 is 2.00 bits per heavy atom. The first-order chi connectivity index (χ1) is 15.6. The monoisotopic (exact) mass is 492 g/mol. The van der Waals surface area contributed by atoms with Gasteiger partial charge >= 0.3 is 13.5 Å². The second-order valence-corrected chi connectivity index (χ2v) is 9.30. The van der Waals surface area contributed by atoms with Crippen molar-refractivity contribution < 1.29 is 41.9 Å². The summed E-state index contributed by atoms with van der Waals surface area (Å²) in [6, 6.07) is 3.11. The second-order valence-electron chi connectivity index (χ2n) is 7.78. The fourth-order valence-corrected chi connectivity index (χ4v) is 4.81. The lowest BCUT2D eigenvalue weighted by Gasteiger charge is -2.42. The number of phosphoric ester groups is 1. The van der Waals surface area contributed by atoms with E-state index in [1.54, 1.807) is 0 Å². The molecular weight excluding hydrogens is 478 g/mol. The lowest BCUT2D eigenvalue weighted by Crippen LogP contribution is -2.60. The van der Waals surface area contributed by atoms with Crippen LogP contribution in [0.1, 0.15) is 11.1 Å². The molecule has 0 aliphatic carbocycles. The van der Waals surface area contributed by atoms with Crippen LogP contribution >= 0.6 is 7.82 Å². The topological polar surface area (TPSA) is 149 Å². The summed E-state index contributed by atoms with van der Waals surface area (Å²) in [5, 5.41) is 17.5. The summed E-state index contributed by atoms with van der Waals surface area (Å²) in [5.41, 5.74) is -4.83. The highest BCUT2D eigenvalue weighted by Crippen LogP contribution is 2.59. The zero-order valence-electron chi connectivity index (χ0n) is 17.3. The number of benzene rings is 1. The summed E-state index contributed by atoms with van der Waals surface area (Å²) >= 11 is 0. The lowest BCUT2D eigenvalue weighted by atomic mass is 9.59. The van der Waals surface area contributed by atoms with Crippen molar-refractivity contribution in [2.45, 2.75) is 42.6 Å². The molecule has 2 aliphatic rings. The van der Waals surface area contributed by atoms with Crippen LogP contribution in [0.4, 0.5) is 8.78 Å². The number of aromatic amines is 1. The van der Waals surface area contributed by atoms with Crippen LogP contribution in [-0.2, 0) is 30.6 Å². The number of nitrogens with zero attached hydrogens (tertiary/aromatic N) is 1. The van der Waals surface area contributed by atoms with Gasteiger partial charge in [-0.3, -0.25) is 23.4 Å². The number of ether oxygens (including phenoxy) is 1. The molecule has 5 atom stereocenters. The van der Waals surface area contributed by atoms with Gasteiger partial charge in [0.1, 0.15) is 52.9 Å². The third-order valence-electron chi connectivity index (χ3n) is 5.32. The van der Waals surface area contributed by atoms with Gasteiger partial charge in [-0.25, -0.2) is 18.1 Å². The number of rotatable bonds is 4. The van der Waals surface area contributed by atoms with E-state index in [0.717, 1.165) is 24.4 Å². The fourth-order valence-electron chi connectivity index (χ4n) is 3.45. The molecule has 0 amide bonds. The number of alkyl halides is 1. The molecule has 0 saturated carbocycles. The van der Waals surface area contributed by atoms with Crippen molar-refractivity contribution in [3.8, 4) is 5.75 Å². The van der Waals surface area contributed by atoms with Crippen LogP contribution in [0.5, 0.6) is 5.75 Å². The van der Waals surface area contributed by atoms with Crippen LogP contribution < -0.4 is 15.8 Å². The van der Waals surface area contributed by atoms with E-state index in [2.05, 4.69) is 0 Å². The van der Waals surface area contributed by atoms with Gasteiger partial charge in [-0.2, -0.15) is 0 Å². The van der Waals surface area contributed by atoms with E-state index in [0.29, 0.717) is 4.57 Å². The molecule has 2 aliphatic heterocycles. The molecule has 17 heteroatoms. The van der Waals surface area contributed by atoms with Gasteiger partial charge in [-0.05, 0) is 25.1 Å². The van der Waals surface area contributed by atoms with Gasteiger partial charge in [0.25, 0.3) is 11.4 Å². The maximum Gasteiger partial charge on any atom is 0.529 e.